The number of halogens is 1. The van der Waals surface area contributed by atoms with Gasteiger partial charge in [0.15, 0.2) is 0 Å². The molecular formula is C9H20ClNO2. The van der Waals surface area contributed by atoms with Crippen molar-refractivity contribution >= 4 is 12.4 Å². The third kappa shape index (κ3) is 5.47. The maximum absolute atomic E-state index is 5.82. The molecule has 4 heteroatoms. The molecule has 1 saturated carbocycles. The van der Waals surface area contributed by atoms with Crippen LogP contribution < -0.4 is 5.73 Å². The predicted molar refractivity (Wildman–Crippen MR) is 55.3 cm³/mol. The summed E-state index contributed by atoms with van der Waals surface area (Å²) in [7, 11) is 1.69. The number of ether oxygens (including phenoxy) is 2. The molecule has 0 amide bonds. The Morgan fingerprint density at radius 1 is 1.31 bits per heavy atom. The van der Waals surface area contributed by atoms with Gasteiger partial charge in [0.25, 0.3) is 0 Å². The van der Waals surface area contributed by atoms with E-state index in [0.29, 0.717) is 25.4 Å². The average Bonchev–Trinajstić information content (AvgIpc) is 2.05. The van der Waals surface area contributed by atoms with E-state index in [9.17, 15) is 0 Å². The van der Waals surface area contributed by atoms with Crippen LogP contribution in [0.5, 0.6) is 0 Å². The summed E-state index contributed by atoms with van der Waals surface area (Å²) in [6, 6.07) is 0.353. The van der Waals surface area contributed by atoms with Crippen molar-refractivity contribution in [2.75, 3.05) is 20.3 Å². The molecular weight excluding hydrogens is 190 g/mol. The number of nitrogens with two attached hydrogens (primary N) is 1. The van der Waals surface area contributed by atoms with Gasteiger partial charge in [0.05, 0.1) is 19.3 Å². The first-order valence-electron chi connectivity index (χ1n) is 4.69. The van der Waals surface area contributed by atoms with E-state index < -0.39 is 0 Å². The molecule has 13 heavy (non-hydrogen) atoms. The van der Waals surface area contributed by atoms with Crippen molar-refractivity contribution in [2.45, 2.75) is 37.8 Å². The normalized spacial score (nSPS) is 28.2. The molecule has 0 aliphatic heterocycles. The fraction of sp³-hybridized carbons (Fsp3) is 1.00. The van der Waals surface area contributed by atoms with E-state index in [2.05, 4.69) is 0 Å². The number of rotatable bonds is 4. The molecule has 0 aromatic carbocycles. The molecule has 1 rings (SSSR count). The van der Waals surface area contributed by atoms with Gasteiger partial charge < -0.3 is 15.2 Å². The summed E-state index contributed by atoms with van der Waals surface area (Å²) in [5.41, 5.74) is 5.82. The minimum absolute atomic E-state index is 0. The van der Waals surface area contributed by atoms with Crippen LogP contribution in [0, 0.1) is 0 Å². The third-order valence-electron chi connectivity index (χ3n) is 2.31. The molecule has 0 bridgehead atoms. The maximum Gasteiger partial charge on any atom is 0.0704 e. The lowest BCUT2D eigenvalue weighted by molar-refractivity contribution is -0.00362. The van der Waals surface area contributed by atoms with E-state index in [4.69, 9.17) is 15.2 Å². The van der Waals surface area contributed by atoms with Gasteiger partial charge in [0.2, 0.25) is 0 Å². The van der Waals surface area contributed by atoms with E-state index in [1.807, 2.05) is 0 Å². The Labute approximate surface area is 86.4 Å². The molecule has 2 unspecified atom stereocenters. The monoisotopic (exact) mass is 209 g/mol. The van der Waals surface area contributed by atoms with E-state index in [0.717, 1.165) is 19.3 Å². The van der Waals surface area contributed by atoms with Gasteiger partial charge in [-0.2, -0.15) is 0 Å². The summed E-state index contributed by atoms with van der Waals surface area (Å²) < 4.78 is 10.5. The van der Waals surface area contributed by atoms with Gasteiger partial charge in [-0.25, -0.2) is 0 Å². The van der Waals surface area contributed by atoms with Crippen LogP contribution >= 0.6 is 12.4 Å². The highest BCUT2D eigenvalue weighted by atomic mass is 35.5. The largest absolute Gasteiger partial charge is 0.382 e. The SMILES string of the molecule is COCCOC1CCCC(N)C1.Cl. The second kappa shape index (κ2) is 7.56. The van der Waals surface area contributed by atoms with Crippen LogP contribution in [0.25, 0.3) is 0 Å². The van der Waals surface area contributed by atoms with Crippen molar-refractivity contribution in [3.63, 3.8) is 0 Å². The summed E-state index contributed by atoms with van der Waals surface area (Å²) >= 11 is 0. The fourth-order valence-corrected chi connectivity index (χ4v) is 1.63. The predicted octanol–water partition coefficient (Wildman–Crippen LogP) is 1.34. The lowest BCUT2D eigenvalue weighted by Crippen LogP contribution is -2.32. The number of hydrogen-bond acceptors (Lipinski definition) is 3. The van der Waals surface area contributed by atoms with Gasteiger partial charge in [-0.3, -0.25) is 0 Å². The summed E-state index contributed by atoms with van der Waals surface area (Å²) in [6.07, 6.45) is 4.92. The molecule has 80 valence electrons. The van der Waals surface area contributed by atoms with Crippen molar-refractivity contribution in [2.24, 2.45) is 5.73 Å². The highest BCUT2D eigenvalue weighted by molar-refractivity contribution is 5.85. The highest BCUT2D eigenvalue weighted by Gasteiger charge is 2.18. The van der Waals surface area contributed by atoms with Gasteiger partial charge >= 0.3 is 0 Å². The van der Waals surface area contributed by atoms with Gasteiger partial charge in [0.1, 0.15) is 0 Å². The smallest absolute Gasteiger partial charge is 0.0704 e. The summed E-state index contributed by atoms with van der Waals surface area (Å²) in [5, 5.41) is 0. The second-order valence-electron chi connectivity index (χ2n) is 3.41. The molecule has 1 aliphatic rings. The zero-order valence-electron chi connectivity index (χ0n) is 8.20. The Kier molecular flexibility index (Phi) is 7.66. The van der Waals surface area contributed by atoms with Crippen LogP contribution in [0.2, 0.25) is 0 Å². The van der Waals surface area contributed by atoms with E-state index in [1.165, 1.54) is 6.42 Å². The molecule has 0 heterocycles. The quantitative estimate of drug-likeness (QED) is 0.711. The van der Waals surface area contributed by atoms with Gasteiger partial charge in [0, 0.05) is 13.2 Å². The highest BCUT2D eigenvalue weighted by Crippen LogP contribution is 2.19. The van der Waals surface area contributed by atoms with Crippen molar-refractivity contribution in [3.05, 3.63) is 0 Å². The molecule has 0 aromatic rings. The summed E-state index contributed by atoms with van der Waals surface area (Å²) in [5.74, 6) is 0. The molecule has 0 aromatic heterocycles. The molecule has 1 aliphatic carbocycles. The second-order valence-corrected chi connectivity index (χ2v) is 3.41. The van der Waals surface area contributed by atoms with Gasteiger partial charge in [-0.15, -0.1) is 12.4 Å². The van der Waals surface area contributed by atoms with Crippen LogP contribution in [0.1, 0.15) is 25.7 Å². The Morgan fingerprint density at radius 3 is 2.69 bits per heavy atom. The van der Waals surface area contributed by atoms with E-state index in [-0.39, 0.29) is 12.4 Å². The van der Waals surface area contributed by atoms with Crippen LogP contribution in [0.15, 0.2) is 0 Å². The van der Waals surface area contributed by atoms with Crippen LogP contribution in [0.4, 0.5) is 0 Å². The average molecular weight is 210 g/mol. The first kappa shape index (κ1) is 13.2. The molecule has 3 nitrogen and oxygen atoms in total. The summed E-state index contributed by atoms with van der Waals surface area (Å²) in [4.78, 5) is 0. The van der Waals surface area contributed by atoms with Gasteiger partial charge in [-0.05, 0) is 25.7 Å². The lowest BCUT2D eigenvalue weighted by atomic mass is 9.94. The van der Waals surface area contributed by atoms with Crippen LogP contribution in [-0.4, -0.2) is 32.5 Å². The Morgan fingerprint density at radius 2 is 2.08 bits per heavy atom. The lowest BCUT2D eigenvalue weighted by Gasteiger charge is -2.26. The number of hydrogen-bond donors (Lipinski definition) is 1. The standard InChI is InChI=1S/C9H19NO2.ClH/c1-11-5-6-12-9-4-2-3-8(10)7-9;/h8-9H,2-7,10H2,1H3;1H. The van der Waals surface area contributed by atoms with Gasteiger partial charge in [-0.1, -0.05) is 0 Å². The fourth-order valence-electron chi connectivity index (χ4n) is 1.63. The first-order chi connectivity index (χ1) is 5.83. The maximum atomic E-state index is 5.82. The zero-order chi connectivity index (χ0) is 8.81. The first-order valence-corrected chi connectivity index (χ1v) is 4.69. The Bertz CT molecular complexity index is 124. The topological polar surface area (TPSA) is 44.5 Å². The molecule has 1 fully saturated rings. The minimum atomic E-state index is 0. The van der Waals surface area contributed by atoms with Crippen molar-refractivity contribution in [3.8, 4) is 0 Å². The van der Waals surface area contributed by atoms with Crippen molar-refractivity contribution in [1.82, 2.24) is 0 Å². The molecule has 0 radical (unpaired) electrons. The van der Waals surface area contributed by atoms with Crippen molar-refractivity contribution in [1.29, 1.82) is 0 Å². The minimum Gasteiger partial charge on any atom is -0.382 e. The molecule has 0 saturated heterocycles. The van der Waals surface area contributed by atoms with Crippen LogP contribution in [-0.2, 0) is 9.47 Å². The molecule has 0 spiro atoms. The molecule has 2 atom stereocenters. The van der Waals surface area contributed by atoms with E-state index in [1.54, 1.807) is 7.11 Å². The Balaban J connectivity index is 0.00000144. The Hall–Kier alpha value is 0.170. The number of methoxy groups -OCH3 is 1. The van der Waals surface area contributed by atoms with E-state index >= 15 is 0 Å². The van der Waals surface area contributed by atoms with Crippen molar-refractivity contribution < 1.29 is 9.47 Å². The third-order valence-corrected chi connectivity index (χ3v) is 2.31. The zero-order valence-corrected chi connectivity index (χ0v) is 9.02. The van der Waals surface area contributed by atoms with Crippen LogP contribution in [0.3, 0.4) is 0 Å². The molecule has 2 N–H and O–H groups in total. The summed E-state index contributed by atoms with van der Waals surface area (Å²) in [6.45, 7) is 1.39.